The topological polar surface area (TPSA) is 44.7 Å². The highest BCUT2D eigenvalue weighted by Crippen LogP contribution is 2.41. The molecule has 25 heavy (non-hydrogen) atoms. The van der Waals surface area contributed by atoms with Crippen molar-refractivity contribution in [3.8, 4) is 0 Å². The number of aryl methyl sites for hydroxylation is 1. The van der Waals surface area contributed by atoms with E-state index < -0.39 is 0 Å². The minimum atomic E-state index is 0.412. The van der Waals surface area contributed by atoms with E-state index in [1.54, 1.807) is 7.11 Å². The predicted molar refractivity (Wildman–Crippen MR) is 103 cm³/mol. The normalized spacial score (nSPS) is 24.3. The Kier molecular flexibility index (Phi) is 5.49. The predicted octanol–water partition coefficient (Wildman–Crippen LogP) is 2.10. The number of rotatable bonds is 5. The van der Waals surface area contributed by atoms with Crippen LogP contribution in [0.2, 0.25) is 0 Å². The van der Waals surface area contributed by atoms with Crippen LogP contribution in [0, 0.1) is 19.3 Å². The number of piperidine rings is 1. The first-order valence-corrected chi connectivity index (χ1v) is 9.43. The molecule has 3 rings (SSSR count). The quantitative estimate of drug-likeness (QED) is 0.813. The Balaban J connectivity index is 1.76. The van der Waals surface area contributed by atoms with Gasteiger partial charge in [-0.3, -0.25) is 0 Å². The van der Waals surface area contributed by atoms with E-state index in [9.17, 15) is 0 Å². The first-order chi connectivity index (χ1) is 11.9. The lowest BCUT2D eigenvalue weighted by molar-refractivity contribution is 0.0756. The van der Waals surface area contributed by atoms with Gasteiger partial charge in [-0.15, -0.1) is 0 Å². The standard InChI is InChI=1S/C19H33N5O/c1-15-16(2)20-18(22(3)4)21-17(15)24-10-8-19(14-24)7-6-9-23(13-19)11-12-25-5/h6-14H2,1-5H3/t19-/m0/s1. The van der Waals surface area contributed by atoms with E-state index >= 15 is 0 Å². The molecule has 1 aromatic heterocycles. The van der Waals surface area contributed by atoms with E-state index in [0.717, 1.165) is 43.7 Å². The first kappa shape index (κ1) is 18.4. The molecule has 0 radical (unpaired) electrons. The molecule has 0 N–H and O–H groups in total. The van der Waals surface area contributed by atoms with E-state index in [1.807, 2.05) is 19.0 Å². The monoisotopic (exact) mass is 347 g/mol. The van der Waals surface area contributed by atoms with Crippen molar-refractivity contribution >= 4 is 11.8 Å². The third-order valence-electron chi connectivity index (χ3n) is 5.84. The molecular weight excluding hydrogens is 314 g/mol. The fraction of sp³-hybridized carbons (Fsp3) is 0.789. The van der Waals surface area contributed by atoms with Crippen LogP contribution in [0.3, 0.4) is 0 Å². The number of methoxy groups -OCH3 is 1. The zero-order valence-electron chi connectivity index (χ0n) is 16.5. The molecular formula is C19H33N5O. The fourth-order valence-electron chi connectivity index (χ4n) is 4.28. The summed E-state index contributed by atoms with van der Waals surface area (Å²) in [6.07, 6.45) is 3.88. The molecule has 0 aliphatic carbocycles. The molecule has 2 fully saturated rings. The third-order valence-corrected chi connectivity index (χ3v) is 5.84. The van der Waals surface area contributed by atoms with Crippen molar-refractivity contribution in [1.82, 2.24) is 14.9 Å². The van der Waals surface area contributed by atoms with Gasteiger partial charge in [0, 0.05) is 64.1 Å². The highest BCUT2D eigenvalue weighted by Gasteiger charge is 2.42. The Morgan fingerprint density at radius 1 is 1.12 bits per heavy atom. The smallest absolute Gasteiger partial charge is 0.227 e. The lowest BCUT2D eigenvalue weighted by Gasteiger charge is -2.40. The van der Waals surface area contributed by atoms with Crippen molar-refractivity contribution in [1.29, 1.82) is 0 Å². The molecule has 0 aromatic carbocycles. The SMILES string of the molecule is COCCN1CCC[C@]2(CCN(c3nc(N(C)C)nc(C)c3C)C2)C1. The van der Waals surface area contributed by atoms with Gasteiger partial charge < -0.3 is 19.4 Å². The van der Waals surface area contributed by atoms with Crippen LogP contribution in [0.15, 0.2) is 0 Å². The van der Waals surface area contributed by atoms with Crippen molar-refractivity contribution in [2.24, 2.45) is 5.41 Å². The Morgan fingerprint density at radius 2 is 1.92 bits per heavy atom. The summed E-state index contributed by atoms with van der Waals surface area (Å²) in [5, 5.41) is 0. The third kappa shape index (κ3) is 3.90. The van der Waals surface area contributed by atoms with E-state index in [0.29, 0.717) is 5.41 Å². The molecule has 6 nitrogen and oxygen atoms in total. The Hall–Kier alpha value is -1.40. The van der Waals surface area contributed by atoms with Crippen molar-refractivity contribution in [3.63, 3.8) is 0 Å². The van der Waals surface area contributed by atoms with Crippen LogP contribution in [-0.2, 0) is 4.74 Å². The van der Waals surface area contributed by atoms with E-state index in [-0.39, 0.29) is 0 Å². The fourth-order valence-corrected chi connectivity index (χ4v) is 4.28. The summed E-state index contributed by atoms with van der Waals surface area (Å²) in [5.41, 5.74) is 2.71. The average Bonchev–Trinajstić information content (AvgIpc) is 2.98. The number of ether oxygens (including phenoxy) is 1. The molecule has 1 atom stereocenters. The highest BCUT2D eigenvalue weighted by atomic mass is 16.5. The summed E-state index contributed by atoms with van der Waals surface area (Å²) in [4.78, 5) is 16.6. The second kappa shape index (κ2) is 7.46. The van der Waals surface area contributed by atoms with Crippen LogP contribution in [0.25, 0.3) is 0 Å². The van der Waals surface area contributed by atoms with Gasteiger partial charge in [0.1, 0.15) is 5.82 Å². The second-order valence-electron chi connectivity index (χ2n) is 8.00. The van der Waals surface area contributed by atoms with E-state index in [4.69, 9.17) is 9.72 Å². The maximum atomic E-state index is 5.28. The molecule has 1 aromatic rings. The van der Waals surface area contributed by atoms with Crippen LogP contribution in [0.5, 0.6) is 0 Å². The molecule has 3 heterocycles. The molecule has 0 bridgehead atoms. The van der Waals surface area contributed by atoms with Crippen molar-refractivity contribution in [2.75, 3.05) is 70.3 Å². The van der Waals surface area contributed by atoms with Crippen molar-refractivity contribution in [2.45, 2.75) is 33.1 Å². The van der Waals surface area contributed by atoms with Gasteiger partial charge in [0.15, 0.2) is 0 Å². The number of aromatic nitrogens is 2. The molecule has 2 aliphatic rings. The van der Waals surface area contributed by atoms with Crippen LogP contribution < -0.4 is 9.80 Å². The minimum Gasteiger partial charge on any atom is -0.383 e. The zero-order valence-corrected chi connectivity index (χ0v) is 16.5. The van der Waals surface area contributed by atoms with Gasteiger partial charge in [-0.05, 0) is 39.7 Å². The van der Waals surface area contributed by atoms with Gasteiger partial charge in [-0.25, -0.2) is 4.98 Å². The molecule has 0 saturated carbocycles. The maximum Gasteiger partial charge on any atom is 0.227 e. The highest BCUT2D eigenvalue weighted by molar-refractivity contribution is 5.53. The molecule has 140 valence electrons. The molecule has 2 saturated heterocycles. The molecule has 0 amide bonds. The summed E-state index contributed by atoms with van der Waals surface area (Å²) in [6.45, 7) is 10.7. The number of hydrogen-bond donors (Lipinski definition) is 0. The number of likely N-dealkylation sites (tertiary alicyclic amines) is 1. The largest absolute Gasteiger partial charge is 0.383 e. The van der Waals surface area contributed by atoms with Crippen LogP contribution in [0.1, 0.15) is 30.5 Å². The average molecular weight is 348 g/mol. The van der Waals surface area contributed by atoms with Crippen molar-refractivity contribution < 1.29 is 4.74 Å². The van der Waals surface area contributed by atoms with Crippen LogP contribution in [-0.4, -0.2) is 75.4 Å². The summed E-state index contributed by atoms with van der Waals surface area (Å²) >= 11 is 0. The van der Waals surface area contributed by atoms with E-state index in [2.05, 4.69) is 28.6 Å². The summed E-state index contributed by atoms with van der Waals surface area (Å²) in [6, 6.07) is 0. The van der Waals surface area contributed by atoms with Crippen LogP contribution >= 0.6 is 0 Å². The van der Waals surface area contributed by atoms with Gasteiger partial charge in [0.25, 0.3) is 0 Å². The Bertz CT molecular complexity index is 606. The molecule has 0 unspecified atom stereocenters. The zero-order chi connectivity index (χ0) is 18.0. The van der Waals surface area contributed by atoms with Crippen molar-refractivity contribution in [3.05, 3.63) is 11.3 Å². The maximum absolute atomic E-state index is 5.28. The molecule has 2 aliphatic heterocycles. The second-order valence-corrected chi connectivity index (χ2v) is 8.00. The number of anilines is 2. The molecule has 1 spiro atoms. The lowest BCUT2D eigenvalue weighted by atomic mass is 9.79. The summed E-state index contributed by atoms with van der Waals surface area (Å²) in [5.74, 6) is 1.94. The number of hydrogen-bond acceptors (Lipinski definition) is 6. The Morgan fingerprint density at radius 3 is 2.64 bits per heavy atom. The summed E-state index contributed by atoms with van der Waals surface area (Å²) in [7, 11) is 5.81. The number of nitrogens with zero attached hydrogens (tertiary/aromatic N) is 5. The van der Waals surface area contributed by atoms with Gasteiger partial charge in [-0.1, -0.05) is 0 Å². The van der Waals surface area contributed by atoms with E-state index in [1.165, 1.54) is 37.9 Å². The van der Waals surface area contributed by atoms with Gasteiger partial charge in [-0.2, -0.15) is 4.98 Å². The Labute approximate surface area is 152 Å². The van der Waals surface area contributed by atoms with Gasteiger partial charge in [0.2, 0.25) is 5.95 Å². The van der Waals surface area contributed by atoms with Gasteiger partial charge >= 0.3 is 0 Å². The first-order valence-electron chi connectivity index (χ1n) is 9.43. The van der Waals surface area contributed by atoms with Crippen LogP contribution in [0.4, 0.5) is 11.8 Å². The lowest BCUT2D eigenvalue weighted by Crippen LogP contribution is -2.46. The summed E-state index contributed by atoms with van der Waals surface area (Å²) < 4.78 is 5.28. The minimum absolute atomic E-state index is 0.412. The van der Waals surface area contributed by atoms with Gasteiger partial charge in [0.05, 0.1) is 6.61 Å². The molecule has 6 heteroatoms.